The fourth-order valence-corrected chi connectivity index (χ4v) is 1.18. The van der Waals surface area contributed by atoms with Gasteiger partial charge in [-0.15, -0.1) is 0 Å². The molecule has 2 amide bonds. The Bertz CT molecular complexity index is 491. The average Bonchev–Trinajstić information content (AvgIpc) is 2.29. The van der Waals surface area contributed by atoms with E-state index in [1.165, 1.54) is 19.9 Å². The number of hydrogen-bond donors (Lipinski definition) is 3. The van der Waals surface area contributed by atoms with Crippen molar-refractivity contribution >= 4 is 17.7 Å². The summed E-state index contributed by atoms with van der Waals surface area (Å²) < 4.78 is 26.8. The van der Waals surface area contributed by atoms with Crippen molar-refractivity contribution in [2.45, 2.75) is 19.9 Å². The summed E-state index contributed by atoms with van der Waals surface area (Å²) >= 11 is 0. The van der Waals surface area contributed by atoms with Crippen molar-refractivity contribution < 1.29 is 23.5 Å². The molecule has 1 aromatic carbocycles. The zero-order valence-electron chi connectivity index (χ0n) is 9.75. The van der Waals surface area contributed by atoms with Crippen LogP contribution in [0, 0.1) is 18.6 Å². The van der Waals surface area contributed by atoms with Crippen molar-refractivity contribution in [3.05, 3.63) is 29.3 Å². The minimum absolute atomic E-state index is 0.165. The third-order valence-electron chi connectivity index (χ3n) is 2.24. The van der Waals surface area contributed by atoms with Gasteiger partial charge in [-0.05, 0) is 25.5 Å². The highest BCUT2D eigenvalue weighted by Crippen LogP contribution is 2.21. The summed E-state index contributed by atoms with van der Waals surface area (Å²) in [7, 11) is 0. The lowest BCUT2D eigenvalue weighted by molar-refractivity contribution is -0.138. The van der Waals surface area contributed by atoms with Gasteiger partial charge in [-0.1, -0.05) is 6.07 Å². The highest BCUT2D eigenvalue weighted by atomic mass is 19.1. The van der Waals surface area contributed by atoms with Gasteiger partial charge >= 0.3 is 12.0 Å². The highest BCUT2D eigenvalue weighted by molar-refractivity contribution is 5.92. The summed E-state index contributed by atoms with van der Waals surface area (Å²) in [6.07, 6.45) is 0. The number of halogens is 2. The maximum atomic E-state index is 13.5. The fourth-order valence-electron chi connectivity index (χ4n) is 1.18. The number of rotatable bonds is 3. The molecule has 98 valence electrons. The lowest BCUT2D eigenvalue weighted by Crippen LogP contribution is -2.41. The molecule has 3 N–H and O–H groups in total. The van der Waals surface area contributed by atoms with E-state index in [1.807, 2.05) is 10.6 Å². The molecule has 1 unspecified atom stereocenters. The Morgan fingerprint density at radius 2 is 1.94 bits per heavy atom. The standard InChI is InChI=1S/C11H12F2N2O3/c1-5-3-4-7(12)9(8(5)13)15-11(18)14-6(2)10(16)17/h3-4,6H,1-2H3,(H,16,17)(H2,14,15,18). The molecular weight excluding hydrogens is 246 g/mol. The molecule has 0 aliphatic rings. The fraction of sp³-hybridized carbons (Fsp3) is 0.273. The number of carbonyl (C=O) groups excluding carboxylic acids is 1. The summed E-state index contributed by atoms with van der Waals surface area (Å²) in [4.78, 5) is 21.8. The van der Waals surface area contributed by atoms with Gasteiger partial charge in [0.15, 0.2) is 5.82 Å². The van der Waals surface area contributed by atoms with Gasteiger partial charge in [-0.2, -0.15) is 0 Å². The van der Waals surface area contributed by atoms with Crippen molar-refractivity contribution in [3.63, 3.8) is 0 Å². The Morgan fingerprint density at radius 1 is 1.33 bits per heavy atom. The van der Waals surface area contributed by atoms with Gasteiger partial charge in [-0.25, -0.2) is 13.6 Å². The van der Waals surface area contributed by atoms with Crippen LogP contribution in [0.2, 0.25) is 0 Å². The lowest BCUT2D eigenvalue weighted by atomic mass is 10.2. The average molecular weight is 258 g/mol. The van der Waals surface area contributed by atoms with Gasteiger partial charge in [-0.3, -0.25) is 4.79 Å². The van der Waals surface area contributed by atoms with Crippen LogP contribution < -0.4 is 10.6 Å². The van der Waals surface area contributed by atoms with Gasteiger partial charge in [0.2, 0.25) is 0 Å². The van der Waals surface area contributed by atoms with E-state index in [1.54, 1.807) is 0 Å². The second kappa shape index (κ2) is 5.44. The first-order valence-corrected chi connectivity index (χ1v) is 5.08. The number of urea groups is 1. The van der Waals surface area contributed by atoms with Crippen molar-refractivity contribution in [2.24, 2.45) is 0 Å². The largest absolute Gasteiger partial charge is 0.480 e. The summed E-state index contributed by atoms with van der Waals surface area (Å²) in [5, 5.41) is 12.5. The Balaban J connectivity index is 2.82. The molecule has 0 bridgehead atoms. The van der Waals surface area contributed by atoms with E-state index in [9.17, 15) is 18.4 Å². The van der Waals surface area contributed by atoms with Crippen molar-refractivity contribution in [1.82, 2.24) is 5.32 Å². The van der Waals surface area contributed by atoms with E-state index in [4.69, 9.17) is 5.11 Å². The number of amides is 2. The predicted molar refractivity (Wildman–Crippen MR) is 60.3 cm³/mol. The Hall–Kier alpha value is -2.18. The second-order valence-electron chi connectivity index (χ2n) is 3.71. The molecule has 0 fully saturated rings. The van der Waals surface area contributed by atoms with Crippen LogP contribution in [0.25, 0.3) is 0 Å². The molecule has 0 radical (unpaired) electrons. The van der Waals surface area contributed by atoms with Crippen molar-refractivity contribution in [1.29, 1.82) is 0 Å². The van der Waals surface area contributed by atoms with Crippen LogP contribution in [-0.4, -0.2) is 23.1 Å². The van der Waals surface area contributed by atoms with Crippen LogP contribution in [0.4, 0.5) is 19.3 Å². The first kappa shape index (κ1) is 13.9. The number of carboxylic acid groups (broad SMARTS) is 1. The molecule has 0 spiro atoms. The maximum absolute atomic E-state index is 13.5. The number of hydrogen-bond acceptors (Lipinski definition) is 2. The molecule has 1 atom stereocenters. The van der Waals surface area contributed by atoms with E-state index < -0.39 is 35.4 Å². The van der Waals surface area contributed by atoms with Gasteiger partial charge < -0.3 is 15.7 Å². The monoisotopic (exact) mass is 258 g/mol. The topological polar surface area (TPSA) is 78.4 Å². The molecule has 7 heteroatoms. The maximum Gasteiger partial charge on any atom is 0.325 e. The molecule has 0 saturated heterocycles. The molecule has 1 aromatic rings. The van der Waals surface area contributed by atoms with E-state index in [-0.39, 0.29) is 5.56 Å². The molecule has 0 aliphatic carbocycles. The highest BCUT2D eigenvalue weighted by Gasteiger charge is 2.17. The first-order valence-electron chi connectivity index (χ1n) is 5.08. The second-order valence-corrected chi connectivity index (χ2v) is 3.71. The van der Waals surface area contributed by atoms with Crippen molar-refractivity contribution in [3.8, 4) is 0 Å². The zero-order chi connectivity index (χ0) is 13.9. The zero-order valence-corrected chi connectivity index (χ0v) is 9.75. The van der Waals surface area contributed by atoms with Crippen LogP contribution in [0.5, 0.6) is 0 Å². The quantitative estimate of drug-likeness (QED) is 0.774. The number of benzene rings is 1. The SMILES string of the molecule is Cc1ccc(F)c(NC(=O)NC(C)C(=O)O)c1F. The molecule has 0 aliphatic heterocycles. The van der Waals surface area contributed by atoms with Crippen LogP contribution in [0.15, 0.2) is 12.1 Å². The van der Waals surface area contributed by atoms with Gasteiger partial charge in [0, 0.05) is 0 Å². The normalized spacial score (nSPS) is 11.8. The van der Waals surface area contributed by atoms with E-state index in [2.05, 4.69) is 0 Å². The Morgan fingerprint density at radius 3 is 2.50 bits per heavy atom. The molecule has 0 heterocycles. The van der Waals surface area contributed by atoms with Crippen LogP contribution >= 0.6 is 0 Å². The van der Waals surface area contributed by atoms with Crippen LogP contribution in [-0.2, 0) is 4.79 Å². The minimum Gasteiger partial charge on any atom is -0.480 e. The molecule has 0 aromatic heterocycles. The number of aryl methyl sites for hydroxylation is 1. The third kappa shape index (κ3) is 3.16. The van der Waals surface area contributed by atoms with Gasteiger partial charge in [0.05, 0.1) is 0 Å². The van der Waals surface area contributed by atoms with E-state index >= 15 is 0 Å². The van der Waals surface area contributed by atoms with Crippen molar-refractivity contribution in [2.75, 3.05) is 5.32 Å². The van der Waals surface area contributed by atoms with Crippen LogP contribution in [0.3, 0.4) is 0 Å². The minimum atomic E-state index is -1.25. The van der Waals surface area contributed by atoms with E-state index in [0.29, 0.717) is 0 Å². The summed E-state index contributed by atoms with van der Waals surface area (Å²) in [6, 6.07) is 0.0803. The summed E-state index contributed by atoms with van der Waals surface area (Å²) in [6.45, 7) is 2.64. The number of nitrogens with one attached hydrogen (secondary N) is 2. The molecule has 18 heavy (non-hydrogen) atoms. The van der Waals surface area contributed by atoms with Gasteiger partial charge in [0.25, 0.3) is 0 Å². The number of aliphatic carboxylic acids is 1. The Labute approximate surface area is 102 Å². The van der Waals surface area contributed by atoms with Gasteiger partial charge in [0.1, 0.15) is 17.5 Å². The van der Waals surface area contributed by atoms with E-state index in [0.717, 1.165) is 6.07 Å². The molecule has 1 rings (SSSR count). The number of anilines is 1. The third-order valence-corrected chi connectivity index (χ3v) is 2.24. The number of carboxylic acids is 1. The summed E-state index contributed by atoms with van der Waals surface area (Å²) in [5.41, 5.74) is -0.442. The lowest BCUT2D eigenvalue weighted by Gasteiger charge is -2.12. The van der Waals surface area contributed by atoms with Crippen LogP contribution in [0.1, 0.15) is 12.5 Å². The summed E-state index contributed by atoms with van der Waals surface area (Å²) in [5.74, 6) is -3.08. The Kier molecular flexibility index (Phi) is 4.19. The first-order chi connectivity index (χ1) is 8.32. The molecular formula is C11H12F2N2O3. The molecule has 0 saturated carbocycles. The predicted octanol–water partition coefficient (Wildman–Crippen LogP) is 1.87. The molecule has 5 nitrogen and oxygen atoms in total. The smallest absolute Gasteiger partial charge is 0.325 e. The number of carbonyl (C=O) groups is 2.